The van der Waals surface area contributed by atoms with E-state index in [0.717, 1.165) is 37.6 Å². The van der Waals surface area contributed by atoms with E-state index >= 15 is 0 Å². The SMILES string of the molecule is CCCNCc1cnc(N(C)Cc2ccncc2)cn1. The molecule has 0 fully saturated rings. The number of nitrogens with one attached hydrogen (secondary N) is 1. The van der Waals surface area contributed by atoms with E-state index in [1.165, 1.54) is 5.56 Å². The fourth-order valence-electron chi connectivity index (χ4n) is 1.87. The smallest absolute Gasteiger partial charge is 0.147 e. The second-order valence-corrected chi connectivity index (χ2v) is 4.75. The van der Waals surface area contributed by atoms with Gasteiger partial charge in [0.1, 0.15) is 5.82 Å². The Labute approximate surface area is 120 Å². The monoisotopic (exact) mass is 271 g/mol. The number of nitrogens with zero attached hydrogens (tertiary/aromatic N) is 4. The summed E-state index contributed by atoms with van der Waals surface area (Å²) in [5.74, 6) is 0.876. The summed E-state index contributed by atoms with van der Waals surface area (Å²) >= 11 is 0. The largest absolute Gasteiger partial charge is 0.354 e. The van der Waals surface area contributed by atoms with Crippen molar-refractivity contribution in [3.05, 3.63) is 48.2 Å². The molecule has 5 heteroatoms. The van der Waals surface area contributed by atoms with E-state index in [-0.39, 0.29) is 0 Å². The normalized spacial score (nSPS) is 10.5. The van der Waals surface area contributed by atoms with E-state index in [1.54, 1.807) is 12.4 Å². The zero-order chi connectivity index (χ0) is 14.2. The molecule has 0 saturated heterocycles. The first kappa shape index (κ1) is 14.4. The number of anilines is 1. The fraction of sp³-hybridized carbons (Fsp3) is 0.400. The Morgan fingerprint density at radius 1 is 1.15 bits per heavy atom. The van der Waals surface area contributed by atoms with Gasteiger partial charge in [-0.15, -0.1) is 0 Å². The molecule has 0 unspecified atom stereocenters. The zero-order valence-corrected chi connectivity index (χ0v) is 12.1. The van der Waals surface area contributed by atoms with Crippen LogP contribution < -0.4 is 10.2 Å². The lowest BCUT2D eigenvalue weighted by Gasteiger charge is -2.17. The lowest BCUT2D eigenvalue weighted by atomic mass is 10.2. The minimum Gasteiger partial charge on any atom is -0.354 e. The standard InChI is InChI=1S/C15H21N5/c1-3-6-17-9-14-10-19-15(11-18-14)20(2)12-13-4-7-16-8-5-13/h4-5,7-8,10-11,17H,3,6,9,12H2,1-2H3. The van der Waals surface area contributed by atoms with Gasteiger partial charge in [0.2, 0.25) is 0 Å². The predicted octanol–water partition coefficient (Wildman–Crippen LogP) is 2.01. The quantitative estimate of drug-likeness (QED) is 0.781. The van der Waals surface area contributed by atoms with Crippen LogP contribution in [0.25, 0.3) is 0 Å². The molecule has 2 heterocycles. The fourth-order valence-corrected chi connectivity index (χ4v) is 1.87. The minimum absolute atomic E-state index is 0.773. The molecule has 106 valence electrons. The molecule has 0 amide bonds. The molecule has 0 bridgehead atoms. The predicted molar refractivity (Wildman–Crippen MR) is 80.4 cm³/mol. The topological polar surface area (TPSA) is 53.9 Å². The molecular formula is C15H21N5. The Bertz CT molecular complexity index is 497. The van der Waals surface area contributed by atoms with Gasteiger partial charge in [-0.05, 0) is 30.7 Å². The first-order valence-electron chi connectivity index (χ1n) is 6.91. The minimum atomic E-state index is 0.773. The number of pyridine rings is 1. The van der Waals surface area contributed by atoms with Gasteiger partial charge in [0.15, 0.2) is 0 Å². The Balaban J connectivity index is 1.92. The molecule has 0 aliphatic carbocycles. The second-order valence-electron chi connectivity index (χ2n) is 4.75. The summed E-state index contributed by atoms with van der Waals surface area (Å²) in [7, 11) is 2.01. The van der Waals surface area contributed by atoms with E-state index in [0.29, 0.717) is 0 Å². The molecule has 5 nitrogen and oxygen atoms in total. The van der Waals surface area contributed by atoms with Crippen LogP contribution in [-0.4, -0.2) is 28.5 Å². The third kappa shape index (κ3) is 4.28. The van der Waals surface area contributed by atoms with Crippen molar-refractivity contribution in [3.63, 3.8) is 0 Å². The molecule has 2 aromatic rings. The van der Waals surface area contributed by atoms with Gasteiger partial charge in [0.25, 0.3) is 0 Å². The third-order valence-electron chi connectivity index (χ3n) is 2.98. The first-order chi connectivity index (χ1) is 9.79. The average molecular weight is 271 g/mol. The molecule has 1 N–H and O–H groups in total. The van der Waals surface area contributed by atoms with Gasteiger partial charge in [-0.2, -0.15) is 0 Å². The van der Waals surface area contributed by atoms with Crippen LogP contribution in [0.2, 0.25) is 0 Å². The number of aromatic nitrogens is 3. The molecule has 20 heavy (non-hydrogen) atoms. The summed E-state index contributed by atoms with van der Waals surface area (Å²) in [6.07, 6.45) is 8.39. The van der Waals surface area contributed by atoms with Crippen LogP contribution in [0.15, 0.2) is 36.9 Å². The summed E-state index contributed by atoms with van der Waals surface area (Å²) in [6, 6.07) is 4.01. The number of hydrogen-bond donors (Lipinski definition) is 1. The maximum Gasteiger partial charge on any atom is 0.147 e. The summed E-state index contributed by atoms with van der Waals surface area (Å²) < 4.78 is 0. The van der Waals surface area contributed by atoms with Gasteiger partial charge < -0.3 is 10.2 Å². The van der Waals surface area contributed by atoms with E-state index < -0.39 is 0 Å². The van der Waals surface area contributed by atoms with Crippen LogP contribution in [0, 0.1) is 0 Å². The summed E-state index contributed by atoms with van der Waals surface area (Å²) in [6.45, 7) is 4.72. The van der Waals surface area contributed by atoms with Crippen LogP contribution in [0.4, 0.5) is 5.82 Å². The van der Waals surface area contributed by atoms with Crippen LogP contribution in [0.1, 0.15) is 24.6 Å². The van der Waals surface area contributed by atoms with Crippen molar-refractivity contribution in [1.29, 1.82) is 0 Å². The van der Waals surface area contributed by atoms with E-state index in [4.69, 9.17) is 0 Å². The lowest BCUT2D eigenvalue weighted by Crippen LogP contribution is -2.19. The molecule has 2 rings (SSSR count). The number of hydrogen-bond acceptors (Lipinski definition) is 5. The molecule has 0 aromatic carbocycles. The van der Waals surface area contributed by atoms with Gasteiger partial charge in [0.05, 0.1) is 18.1 Å². The van der Waals surface area contributed by atoms with Crippen molar-refractivity contribution < 1.29 is 0 Å². The molecule has 0 radical (unpaired) electrons. The van der Waals surface area contributed by atoms with Gasteiger partial charge in [0, 0.05) is 32.5 Å². The van der Waals surface area contributed by atoms with Gasteiger partial charge in [-0.25, -0.2) is 4.98 Å². The summed E-state index contributed by atoms with van der Waals surface area (Å²) in [4.78, 5) is 15.0. The highest BCUT2D eigenvalue weighted by molar-refractivity contribution is 5.35. The molecule has 0 spiro atoms. The van der Waals surface area contributed by atoms with Crippen molar-refractivity contribution in [2.24, 2.45) is 0 Å². The highest BCUT2D eigenvalue weighted by Crippen LogP contribution is 2.10. The van der Waals surface area contributed by atoms with Gasteiger partial charge in [-0.3, -0.25) is 9.97 Å². The second kappa shape index (κ2) is 7.55. The van der Waals surface area contributed by atoms with E-state index in [9.17, 15) is 0 Å². The lowest BCUT2D eigenvalue weighted by molar-refractivity contribution is 0.661. The first-order valence-corrected chi connectivity index (χ1v) is 6.91. The molecule has 0 atom stereocenters. The zero-order valence-electron chi connectivity index (χ0n) is 12.1. The summed E-state index contributed by atoms with van der Waals surface area (Å²) in [5, 5.41) is 3.32. The molecule has 2 aromatic heterocycles. The van der Waals surface area contributed by atoms with Crippen molar-refractivity contribution >= 4 is 5.82 Å². The van der Waals surface area contributed by atoms with Gasteiger partial charge >= 0.3 is 0 Å². The summed E-state index contributed by atoms with van der Waals surface area (Å²) in [5.41, 5.74) is 2.18. The van der Waals surface area contributed by atoms with E-state index in [1.807, 2.05) is 31.6 Å². The van der Waals surface area contributed by atoms with Crippen LogP contribution in [0.3, 0.4) is 0 Å². The maximum atomic E-state index is 4.46. The van der Waals surface area contributed by atoms with Crippen molar-refractivity contribution in [2.45, 2.75) is 26.4 Å². The number of rotatable bonds is 7. The molecule has 0 aliphatic heterocycles. The van der Waals surface area contributed by atoms with Crippen molar-refractivity contribution in [1.82, 2.24) is 20.3 Å². The van der Waals surface area contributed by atoms with Crippen LogP contribution >= 0.6 is 0 Å². The Hall–Kier alpha value is -2.01. The van der Waals surface area contributed by atoms with E-state index in [2.05, 4.69) is 32.1 Å². The van der Waals surface area contributed by atoms with Crippen molar-refractivity contribution in [3.8, 4) is 0 Å². The Kier molecular flexibility index (Phi) is 5.43. The van der Waals surface area contributed by atoms with Crippen molar-refractivity contribution in [2.75, 3.05) is 18.5 Å². The highest BCUT2D eigenvalue weighted by Gasteiger charge is 2.04. The Morgan fingerprint density at radius 3 is 2.60 bits per heavy atom. The molecule has 0 saturated carbocycles. The third-order valence-corrected chi connectivity index (χ3v) is 2.98. The van der Waals surface area contributed by atoms with Crippen LogP contribution in [-0.2, 0) is 13.1 Å². The van der Waals surface area contributed by atoms with Crippen LogP contribution in [0.5, 0.6) is 0 Å². The van der Waals surface area contributed by atoms with Gasteiger partial charge in [-0.1, -0.05) is 6.92 Å². The maximum absolute atomic E-state index is 4.46. The molecule has 0 aliphatic rings. The average Bonchev–Trinajstić information content (AvgIpc) is 2.49. The molecular weight excluding hydrogens is 250 g/mol. The Morgan fingerprint density at radius 2 is 1.95 bits per heavy atom. The highest BCUT2D eigenvalue weighted by atomic mass is 15.2.